The Balaban J connectivity index is 2.03. The van der Waals surface area contributed by atoms with Gasteiger partial charge < -0.3 is 10.0 Å². The first kappa shape index (κ1) is 13.1. The summed E-state index contributed by atoms with van der Waals surface area (Å²) in [6, 6.07) is 8.26. The van der Waals surface area contributed by atoms with Crippen molar-refractivity contribution in [3.8, 4) is 0 Å². The van der Waals surface area contributed by atoms with Crippen molar-refractivity contribution in [2.45, 2.75) is 24.2 Å². The van der Waals surface area contributed by atoms with Crippen molar-refractivity contribution in [1.82, 2.24) is 4.90 Å². The molecule has 1 aliphatic rings. The smallest absolute Gasteiger partial charge is 0.407 e. The first-order valence-corrected chi connectivity index (χ1v) is 7.15. The first-order valence-electron chi connectivity index (χ1n) is 6.03. The van der Waals surface area contributed by atoms with E-state index in [1.54, 1.807) is 0 Å². The number of carbonyl (C=O) groups is 1. The van der Waals surface area contributed by atoms with E-state index in [4.69, 9.17) is 5.11 Å². The molecule has 0 spiro atoms. The Kier molecular flexibility index (Phi) is 4.42. The van der Waals surface area contributed by atoms with E-state index in [-0.39, 0.29) is 6.04 Å². The van der Waals surface area contributed by atoms with Crippen LogP contribution < -0.4 is 0 Å². The Morgan fingerprint density at radius 3 is 2.78 bits per heavy atom. The molecule has 18 heavy (non-hydrogen) atoms. The van der Waals surface area contributed by atoms with Crippen LogP contribution >= 0.6 is 15.9 Å². The predicted octanol–water partition coefficient (Wildman–Crippen LogP) is 3.74. The van der Waals surface area contributed by atoms with Crippen LogP contribution in [0.3, 0.4) is 0 Å². The number of benzene rings is 1. The molecular weight excluding hydrogens is 294 g/mol. The summed E-state index contributed by atoms with van der Waals surface area (Å²) in [7, 11) is 0. The first-order chi connectivity index (χ1) is 8.70. The fraction of sp³-hybridized carbons (Fsp3) is 0.357. The molecule has 96 valence electrons. The second kappa shape index (κ2) is 6.05. The van der Waals surface area contributed by atoms with Crippen molar-refractivity contribution >= 4 is 28.1 Å². The molecule has 0 aromatic heterocycles. The van der Waals surface area contributed by atoms with Crippen molar-refractivity contribution in [2.75, 3.05) is 6.54 Å². The molecular formula is C14H16BrNO2. The molecule has 2 rings (SSSR count). The Morgan fingerprint density at radius 1 is 1.44 bits per heavy atom. The van der Waals surface area contributed by atoms with Gasteiger partial charge in [-0.1, -0.05) is 52.3 Å². The summed E-state index contributed by atoms with van der Waals surface area (Å²) in [5.41, 5.74) is 2.34. The van der Waals surface area contributed by atoms with Crippen LogP contribution in [0.1, 0.15) is 24.0 Å². The van der Waals surface area contributed by atoms with E-state index < -0.39 is 6.09 Å². The minimum absolute atomic E-state index is 0.0263. The standard InChI is InChI=1S/C14H16BrNO2/c15-10-12-5-3-11(4-6-12)7-8-13-2-1-9-16(13)14(17)18/h3-8,13H,1-2,9-10H2,(H,17,18). The van der Waals surface area contributed by atoms with E-state index in [1.165, 1.54) is 10.5 Å². The fourth-order valence-corrected chi connectivity index (χ4v) is 2.54. The predicted molar refractivity (Wildman–Crippen MR) is 75.9 cm³/mol. The Morgan fingerprint density at radius 2 is 2.17 bits per heavy atom. The highest BCUT2D eigenvalue weighted by molar-refractivity contribution is 9.08. The number of nitrogens with zero attached hydrogens (tertiary/aromatic N) is 1. The molecule has 1 heterocycles. The monoisotopic (exact) mass is 309 g/mol. The molecule has 1 N–H and O–H groups in total. The van der Waals surface area contributed by atoms with Gasteiger partial charge in [0.1, 0.15) is 0 Å². The largest absolute Gasteiger partial charge is 0.465 e. The molecule has 1 fully saturated rings. The number of carboxylic acid groups (broad SMARTS) is 1. The third kappa shape index (κ3) is 3.13. The van der Waals surface area contributed by atoms with Crippen molar-refractivity contribution in [1.29, 1.82) is 0 Å². The SMILES string of the molecule is O=C(O)N1CCCC1C=Cc1ccc(CBr)cc1. The Bertz CT molecular complexity index is 442. The molecule has 0 radical (unpaired) electrons. The zero-order valence-corrected chi connectivity index (χ0v) is 11.6. The molecule has 1 aliphatic heterocycles. The molecule has 0 bridgehead atoms. The zero-order chi connectivity index (χ0) is 13.0. The fourth-order valence-electron chi connectivity index (χ4n) is 2.17. The number of amides is 1. The lowest BCUT2D eigenvalue weighted by molar-refractivity contribution is 0.147. The molecule has 1 aromatic rings. The molecule has 1 unspecified atom stereocenters. The van der Waals surface area contributed by atoms with E-state index in [0.717, 1.165) is 23.7 Å². The highest BCUT2D eigenvalue weighted by atomic mass is 79.9. The van der Waals surface area contributed by atoms with Crippen molar-refractivity contribution in [3.05, 3.63) is 41.5 Å². The van der Waals surface area contributed by atoms with E-state index in [1.807, 2.05) is 24.3 Å². The van der Waals surface area contributed by atoms with Crippen LogP contribution in [0.4, 0.5) is 4.79 Å². The lowest BCUT2D eigenvalue weighted by Crippen LogP contribution is -2.32. The van der Waals surface area contributed by atoms with Gasteiger partial charge in [-0.2, -0.15) is 0 Å². The number of hydrogen-bond acceptors (Lipinski definition) is 1. The molecule has 0 aliphatic carbocycles. The lowest BCUT2D eigenvalue weighted by atomic mass is 10.1. The van der Waals surface area contributed by atoms with Gasteiger partial charge in [0.05, 0.1) is 6.04 Å². The van der Waals surface area contributed by atoms with Crippen LogP contribution in [0.15, 0.2) is 30.3 Å². The maximum Gasteiger partial charge on any atom is 0.407 e. The van der Waals surface area contributed by atoms with Crippen LogP contribution in [-0.4, -0.2) is 28.7 Å². The summed E-state index contributed by atoms with van der Waals surface area (Å²) in [4.78, 5) is 12.5. The summed E-state index contributed by atoms with van der Waals surface area (Å²) in [5.74, 6) is 0. The molecule has 1 saturated heterocycles. The van der Waals surface area contributed by atoms with Crippen LogP contribution in [-0.2, 0) is 5.33 Å². The van der Waals surface area contributed by atoms with Crippen LogP contribution in [0.5, 0.6) is 0 Å². The average molecular weight is 310 g/mol. The maximum absolute atomic E-state index is 11.0. The van der Waals surface area contributed by atoms with Gasteiger partial charge in [-0.25, -0.2) is 4.79 Å². The van der Waals surface area contributed by atoms with Gasteiger partial charge in [-0.3, -0.25) is 0 Å². The number of halogens is 1. The number of rotatable bonds is 3. The van der Waals surface area contributed by atoms with E-state index in [0.29, 0.717) is 6.54 Å². The summed E-state index contributed by atoms with van der Waals surface area (Å²) < 4.78 is 0. The molecule has 0 saturated carbocycles. The summed E-state index contributed by atoms with van der Waals surface area (Å²) in [6.07, 6.45) is 5.04. The Hall–Kier alpha value is -1.29. The van der Waals surface area contributed by atoms with Gasteiger partial charge >= 0.3 is 6.09 Å². The summed E-state index contributed by atoms with van der Waals surface area (Å²) >= 11 is 3.41. The van der Waals surface area contributed by atoms with Gasteiger partial charge in [0.25, 0.3) is 0 Å². The van der Waals surface area contributed by atoms with Crippen LogP contribution in [0.2, 0.25) is 0 Å². The van der Waals surface area contributed by atoms with Gasteiger partial charge in [0.2, 0.25) is 0 Å². The lowest BCUT2D eigenvalue weighted by Gasteiger charge is -2.17. The van der Waals surface area contributed by atoms with E-state index in [9.17, 15) is 4.79 Å². The topological polar surface area (TPSA) is 40.5 Å². The van der Waals surface area contributed by atoms with Gasteiger partial charge in [-0.05, 0) is 24.0 Å². The second-order valence-corrected chi connectivity index (χ2v) is 4.98. The Labute approximate surface area is 115 Å². The summed E-state index contributed by atoms with van der Waals surface area (Å²) in [6.45, 7) is 0.646. The van der Waals surface area contributed by atoms with Crippen LogP contribution in [0, 0.1) is 0 Å². The highest BCUT2D eigenvalue weighted by Gasteiger charge is 2.25. The number of alkyl halides is 1. The molecule has 1 atom stereocenters. The van der Waals surface area contributed by atoms with Gasteiger partial charge in [-0.15, -0.1) is 0 Å². The van der Waals surface area contributed by atoms with Crippen LogP contribution in [0.25, 0.3) is 6.08 Å². The van der Waals surface area contributed by atoms with E-state index >= 15 is 0 Å². The molecule has 1 aromatic carbocycles. The quantitative estimate of drug-likeness (QED) is 0.864. The third-order valence-corrected chi connectivity index (χ3v) is 3.84. The normalized spacial score (nSPS) is 19.6. The minimum atomic E-state index is -0.822. The molecule has 3 nitrogen and oxygen atoms in total. The third-order valence-electron chi connectivity index (χ3n) is 3.19. The maximum atomic E-state index is 11.0. The second-order valence-electron chi connectivity index (χ2n) is 4.42. The highest BCUT2D eigenvalue weighted by Crippen LogP contribution is 2.19. The van der Waals surface area contributed by atoms with Crippen molar-refractivity contribution in [2.24, 2.45) is 0 Å². The minimum Gasteiger partial charge on any atom is -0.465 e. The molecule has 4 heteroatoms. The van der Waals surface area contributed by atoms with Gasteiger partial charge in [0, 0.05) is 11.9 Å². The summed E-state index contributed by atoms with van der Waals surface area (Å²) in [5, 5.41) is 9.89. The van der Waals surface area contributed by atoms with Crippen molar-refractivity contribution < 1.29 is 9.90 Å². The van der Waals surface area contributed by atoms with Crippen molar-refractivity contribution in [3.63, 3.8) is 0 Å². The van der Waals surface area contributed by atoms with Gasteiger partial charge in [0.15, 0.2) is 0 Å². The number of likely N-dealkylation sites (tertiary alicyclic amines) is 1. The average Bonchev–Trinajstić information content (AvgIpc) is 2.85. The van der Waals surface area contributed by atoms with E-state index in [2.05, 4.69) is 28.1 Å². The molecule has 1 amide bonds. The zero-order valence-electron chi connectivity index (χ0n) is 10.1. The number of hydrogen-bond donors (Lipinski definition) is 1.